The second-order valence-corrected chi connectivity index (χ2v) is 24.9. The largest absolute Gasteiger partial charge is 0.466 e. The van der Waals surface area contributed by atoms with E-state index in [2.05, 4.69) is 55.6 Å². The summed E-state index contributed by atoms with van der Waals surface area (Å²) in [7, 11) is 0. The van der Waals surface area contributed by atoms with E-state index >= 15 is 0 Å². The van der Waals surface area contributed by atoms with E-state index in [4.69, 9.17) is 4.74 Å². The zero-order chi connectivity index (χ0) is 57.8. The van der Waals surface area contributed by atoms with E-state index in [0.29, 0.717) is 25.9 Å². The van der Waals surface area contributed by atoms with Gasteiger partial charge in [0.15, 0.2) is 0 Å². The van der Waals surface area contributed by atoms with Gasteiger partial charge in [0.25, 0.3) is 0 Å². The molecule has 0 bridgehead atoms. The molecule has 0 fully saturated rings. The fourth-order valence-corrected chi connectivity index (χ4v) is 11.4. The minimum Gasteiger partial charge on any atom is -0.466 e. The predicted molar refractivity (Wildman–Crippen MR) is 352 cm³/mol. The summed E-state index contributed by atoms with van der Waals surface area (Å²) >= 11 is 0. The van der Waals surface area contributed by atoms with Crippen molar-refractivity contribution < 1.29 is 24.5 Å². The Hall–Kier alpha value is -1.92. The molecule has 0 saturated carbocycles. The molecule has 0 aliphatic rings. The molecule has 6 nitrogen and oxygen atoms in total. The number of esters is 1. The smallest absolute Gasteiger partial charge is 0.305 e. The average molecular weight is 1120 g/mol. The molecular weight excluding hydrogens is 983 g/mol. The van der Waals surface area contributed by atoms with Gasteiger partial charge in [-0.3, -0.25) is 9.59 Å². The van der Waals surface area contributed by atoms with Crippen LogP contribution >= 0.6 is 0 Å². The van der Waals surface area contributed by atoms with Gasteiger partial charge in [0.2, 0.25) is 5.91 Å². The molecule has 3 N–H and O–H groups in total. The molecular formula is C74H141NO5. The lowest BCUT2D eigenvalue weighted by Crippen LogP contribution is -2.45. The first kappa shape index (κ1) is 78.1. The minimum absolute atomic E-state index is 0.0153. The van der Waals surface area contributed by atoms with Crippen molar-refractivity contribution in [2.75, 3.05) is 13.2 Å². The van der Waals surface area contributed by atoms with Crippen LogP contribution in [0.4, 0.5) is 0 Å². The van der Waals surface area contributed by atoms with Gasteiger partial charge in [-0.25, -0.2) is 0 Å². The summed E-state index contributed by atoms with van der Waals surface area (Å²) in [6.45, 7) is 4.95. The molecule has 6 heteroatoms. The quantitative estimate of drug-likeness (QED) is 0.0320. The van der Waals surface area contributed by atoms with E-state index < -0.39 is 12.1 Å². The Kier molecular flexibility index (Phi) is 67.9. The van der Waals surface area contributed by atoms with Crippen LogP contribution in [0.5, 0.6) is 0 Å². The first-order chi connectivity index (χ1) is 39.5. The van der Waals surface area contributed by atoms with Crippen LogP contribution in [0.3, 0.4) is 0 Å². The van der Waals surface area contributed by atoms with Gasteiger partial charge < -0.3 is 20.3 Å². The van der Waals surface area contributed by atoms with Crippen LogP contribution in [0.15, 0.2) is 36.5 Å². The lowest BCUT2D eigenvalue weighted by molar-refractivity contribution is -0.143. The highest BCUT2D eigenvalue weighted by Crippen LogP contribution is 2.19. The summed E-state index contributed by atoms with van der Waals surface area (Å²) in [4.78, 5) is 24.6. The fourth-order valence-electron chi connectivity index (χ4n) is 11.4. The zero-order valence-electron chi connectivity index (χ0n) is 54.1. The third kappa shape index (κ3) is 65.2. The first-order valence-electron chi connectivity index (χ1n) is 36.2. The van der Waals surface area contributed by atoms with Crippen molar-refractivity contribution >= 4 is 11.9 Å². The van der Waals surface area contributed by atoms with Gasteiger partial charge >= 0.3 is 5.97 Å². The number of unbranched alkanes of at least 4 members (excludes halogenated alkanes) is 51. The van der Waals surface area contributed by atoms with Gasteiger partial charge in [0.05, 0.1) is 25.4 Å². The van der Waals surface area contributed by atoms with Crippen LogP contribution in [0.2, 0.25) is 0 Å². The Balaban J connectivity index is 3.32. The molecule has 0 aliphatic carbocycles. The molecule has 0 aromatic carbocycles. The van der Waals surface area contributed by atoms with Gasteiger partial charge in [0, 0.05) is 12.8 Å². The van der Waals surface area contributed by atoms with Crippen molar-refractivity contribution in [3.05, 3.63) is 36.5 Å². The van der Waals surface area contributed by atoms with Crippen LogP contribution in [0, 0.1) is 0 Å². The fraction of sp³-hybridized carbons (Fsp3) is 0.892. The molecule has 2 atom stereocenters. The molecule has 0 saturated heterocycles. The number of carbonyl (C=O) groups is 2. The maximum atomic E-state index is 12.5. The van der Waals surface area contributed by atoms with E-state index in [1.807, 2.05) is 0 Å². The molecule has 1 amide bonds. The van der Waals surface area contributed by atoms with Crippen LogP contribution in [0.25, 0.3) is 0 Å². The third-order valence-corrected chi connectivity index (χ3v) is 16.9. The highest BCUT2D eigenvalue weighted by atomic mass is 16.5. The minimum atomic E-state index is -0.660. The molecule has 0 heterocycles. The first-order valence-corrected chi connectivity index (χ1v) is 36.2. The van der Waals surface area contributed by atoms with E-state index in [-0.39, 0.29) is 18.5 Å². The van der Waals surface area contributed by atoms with Gasteiger partial charge in [-0.1, -0.05) is 339 Å². The van der Waals surface area contributed by atoms with Crippen LogP contribution in [0.1, 0.15) is 399 Å². The highest BCUT2D eigenvalue weighted by Gasteiger charge is 2.20. The molecule has 80 heavy (non-hydrogen) atoms. The number of nitrogens with one attached hydrogen (secondary N) is 1. The second kappa shape index (κ2) is 69.6. The van der Waals surface area contributed by atoms with Crippen molar-refractivity contribution in [1.82, 2.24) is 5.32 Å². The summed E-state index contributed by atoms with van der Waals surface area (Å²) < 4.78 is 5.51. The molecule has 0 aromatic rings. The van der Waals surface area contributed by atoms with Gasteiger partial charge in [-0.15, -0.1) is 0 Å². The maximum Gasteiger partial charge on any atom is 0.305 e. The lowest BCUT2D eigenvalue weighted by atomic mass is 10.0. The van der Waals surface area contributed by atoms with Crippen LogP contribution in [-0.4, -0.2) is 47.4 Å². The third-order valence-electron chi connectivity index (χ3n) is 16.9. The standard InChI is InChI=1S/C74H141NO5/c1-3-5-7-9-11-13-15-16-17-18-34-38-41-44-48-52-56-60-64-68-74(79)80-69-65-61-57-53-49-45-42-39-36-33-31-29-27-25-23-21-19-20-22-24-26-28-30-32-35-37-40-43-47-51-55-59-63-67-73(78)75-71(70-76)72(77)66-62-58-54-50-46-14-12-10-8-6-4-2/h11,13,16-17,23,25,71-72,76-77H,3-10,12,14-15,18-22,24,26-70H2,1-2H3,(H,75,78)/b13-11-,17-16-,25-23-. The topological polar surface area (TPSA) is 95.9 Å². The predicted octanol–water partition coefficient (Wildman–Crippen LogP) is 23.5. The molecule has 0 rings (SSSR count). The number of ether oxygens (including phenoxy) is 1. The van der Waals surface area contributed by atoms with E-state index in [1.54, 1.807) is 0 Å². The number of hydrogen-bond acceptors (Lipinski definition) is 5. The number of rotatable bonds is 68. The Morgan fingerprint density at radius 3 is 0.988 bits per heavy atom. The van der Waals surface area contributed by atoms with Crippen molar-refractivity contribution in [3.63, 3.8) is 0 Å². The normalized spacial score (nSPS) is 12.7. The molecule has 0 spiro atoms. The summed E-state index contributed by atoms with van der Waals surface area (Å²) in [5, 5.41) is 23.2. The van der Waals surface area contributed by atoms with Gasteiger partial charge in [-0.2, -0.15) is 0 Å². The second-order valence-electron chi connectivity index (χ2n) is 24.9. The summed E-state index contributed by atoms with van der Waals surface area (Å²) in [6, 6.07) is -0.538. The molecule has 0 aromatic heterocycles. The summed E-state index contributed by atoms with van der Waals surface area (Å²) in [5.41, 5.74) is 0. The van der Waals surface area contributed by atoms with Crippen LogP contribution < -0.4 is 5.32 Å². The number of aliphatic hydroxyl groups is 2. The Bertz CT molecular complexity index is 1300. The maximum absolute atomic E-state index is 12.5. The summed E-state index contributed by atoms with van der Waals surface area (Å²) in [6.07, 6.45) is 89.3. The molecule has 472 valence electrons. The SMILES string of the molecule is CCCCC/C=C\C/C=C\CCCCCCCCCCCC(=O)OCCCCCCCCCCCCCC/C=C\CCCCCCCCCCCCCCCCCCCC(=O)NC(CO)C(O)CCCCCCCCCCCCC. The van der Waals surface area contributed by atoms with Gasteiger partial charge in [0.1, 0.15) is 0 Å². The van der Waals surface area contributed by atoms with Gasteiger partial charge in [-0.05, 0) is 83.5 Å². The molecule has 0 aliphatic heterocycles. The monoisotopic (exact) mass is 1120 g/mol. The van der Waals surface area contributed by atoms with Crippen molar-refractivity contribution in [2.45, 2.75) is 411 Å². The zero-order valence-corrected chi connectivity index (χ0v) is 54.1. The lowest BCUT2D eigenvalue weighted by Gasteiger charge is -2.22. The number of amides is 1. The average Bonchev–Trinajstić information content (AvgIpc) is 3.46. The number of carbonyl (C=O) groups excluding carboxylic acids is 2. The van der Waals surface area contributed by atoms with Crippen LogP contribution in [-0.2, 0) is 14.3 Å². The van der Waals surface area contributed by atoms with E-state index in [1.165, 1.54) is 315 Å². The van der Waals surface area contributed by atoms with E-state index in [0.717, 1.165) is 51.4 Å². The van der Waals surface area contributed by atoms with Crippen molar-refractivity contribution in [2.24, 2.45) is 0 Å². The summed E-state index contributed by atoms with van der Waals surface area (Å²) in [5.74, 6) is -0.0159. The number of allylic oxidation sites excluding steroid dienone is 6. The number of aliphatic hydroxyl groups excluding tert-OH is 2. The highest BCUT2D eigenvalue weighted by molar-refractivity contribution is 5.76. The van der Waals surface area contributed by atoms with E-state index in [9.17, 15) is 19.8 Å². The Labute approximate surface area is 500 Å². The molecule has 0 radical (unpaired) electrons. The Morgan fingerprint density at radius 2 is 0.625 bits per heavy atom. The number of hydrogen-bond donors (Lipinski definition) is 3. The molecule has 2 unspecified atom stereocenters. The van der Waals surface area contributed by atoms with Crippen molar-refractivity contribution in [1.29, 1.82) is 0 Å². The Morgan fingerprint density at radius 1 is 0.350 bits per heavy atom. The van der Waals surface area contributed by atoms with Crippen molar-refractivity contribution in [3.8, 4) is 0 Å².